The second-order valence-electron chi connectivity index (χ2n) is 7.36. The lowest BCUT2D eigenvalue weighted by Crippen LogP contribution is -2.42. The van der Waals surface area contributed by atoms with Crippen LogP contribution in [0.5, 0.6) is 0 Å². The van der Waals surface area contributed by atoms with Crippen LogP contribution in [0, 0.1) is 0 Å². The summed E-state index contributed by atoms with van der Waals surface area (Å²) in [5, 5.41) is 7.58. The molecule has 3 heterocycles. The van der Waals surface area contributed by atoms with Crippen LogP contribution in [-0.4, -0.2) is 50.8 Å². The lowest BCUT2D eigenvalue weighted by molar-refractivity contribution is 0.0938. The molecule has 1 aliphatic rings. The number of para-hydroxylation sites is 1. The van der Waals surface area contributed by atoms with Crippen molar-refractivity contribution in [3.05, 3.63) is 66.6 Å². The zero-order valence-corrected chi connectivity index (χ0v) is 16.3. The maximum Gasteiger partial charge on any atom is 0.256 e. The first-order valence-corrected chi connectivity index (χ1v) is 10.0. The Bertz CT molecular complexity index is 900. The van der Waals surface area contributed by atoms with Crippen molar-refractivity contribution in [3.63, 3.8) is 0 Å². The first-order chi connectivity index (χ1) is 13.7. The van der Waals surface area contributed by atoms with Gasteiger partial charge in [-0.15, -0.1) is 0 Å². The lowest BCUT2D eigenvalue weighted by Gasteiger charge is -2.33. The van der Waals surface area contributed by atoms with Crippen LogP contribution < -0.4 is 5.32 Å². The van der Waals surface area contributed by atoms with Crippen LogP contribution >= 0.6 is 0 Å². The molecular weight excluding hydrogens is 350 g/mol. The summed E-state index contributed by atoms with van der Waals surface area (Å²) in [6.45, 7) is 4.93. The summed E-state index contributed by atoms with van der Waals surface area (Å²) in [7, 11) is 0. The van der Waals surface area contributed by atoms with Gasteiger partial charge in [-0.05, 0) is 50.6 Å². The summed E-state index contributed by atoms with van der Waals surface area (Å²) in [6, 6.07) is 14.4. The normalized spacial score (nSPS) is 17.5. The van der Waals surface area contributed by atoms with Crippen LogP contribution in [0.15, 0.2) is 61.1 Å². The molecule has 1 saturated heterocycles. The van der Waals surface area contributed by atoms with Gasteiger partial charge in [-0.3, -0.25) is 9.69 Å². The third-order valence-corrected chi connectivity index (χ3v) is 5.46. The quantitative estimate of drug-likeness (QED) is 0.717. The van der Waals surface area contributed by atoms with E-state index in [0.29, 0.717) is 18.2 Å². The third-order valence-electron chi connectivity index (χ3n) is 5.46. The van der Waals surface area contributed by atoms with Crippen molar-refractivity contribution in [2.75, 3.05) is 19.6 Å². The van der Waals surface area contributed by atoms with Gasteiger partial charge in [0.25, 0.3) is 5.91 Å². The summed E-state index contributed by atoms with van der Waals surface area (Å²) in [5.41, 5.74) is 1.50. The summed E-state index contributed by atoms with van der Waals surface area (Å²) < 4.78 is 3.74. The Hall–Kier alpha value is -2.86. The summed E-state index contributed by atoms with van der Waals surface area (Å²) >= 11 is 0. The van der Waals surface area contributed by atoms with Crippen molar-refractivity contribution in [1.82, 2.24) is 24.6 Å². The number of carbonyl (C=O) groups excluding carboxylic acids is 1. The number of likely N-dealkylation sites (tertiary alicyclic amines) is 1. The molecule has 0 bridgehead atoms. The molecule has 0 spiro atoms. The highest BCUT2D eigenvalue weighted by atomic mass is 16.1. The molecule has 6 nitrogen and oxygen atoms in total. The van der Waals surface area contributed by atoms with Gasteiger partial charge >= 0.3 is 0 Å². The Morgan fingerprint density at radius 2 is 1.93 bits per heavy atom. The molecule has 2 aromatic heterocycles. The number of nitrogens with one attached hydrogen (secondary N) is 1. The number of hydrogen-bond acceptors (Lipinski definition) is 3. The molecule has 0 aliphatic carbocycles. The van der Waals surface area contributed by atoms with E-state index in [0.717, 1.165) is 24.6 Å². The third kappa shape index (κ3) is 3.87. The SMILES string of the molecule is C[C@@H]1CCCCN1CCNC(=O)c1cnn(-c2ccccc2)c1-n1cccc1. The summed E-state index contributed by atoms with van der Waals surface area (Å²) in [4.78, 5) is 15.4. The van der Waals surface area contributed by atoms with Crippen LogP contribution in [-0.2, 0) is 0 Å². The van der Waals surface area contributed by atoms with Crippen molar-refractivity contribution in [3.8, 4) is 11.5 Å². The Balaban J connectivity index is 1.52. The standard InChI is InChI=1S/C22H27N5O/c1-18-9-5-6-13-25(18)16-12-23-21(28)20-17-24-27(19-10-3-2-4-11-19)22(20)26-14-7-8-15-26/h2-4,7-8,10-11,14-15,17-18H,5-6,9,12-13,16H2,1H3,(H,23,28)/t18-/m1/s1. The van der Waals surface area contributed by atoms with E-state index < -0.39 is 0 Å². The van der Waals surface area contributed by atoms with Crippen molar-refractivity contribution in [1.29, 1.82) is 0 Å². The van der Waals surface area contributed by atoms with Crippen LogP contribution in [0.4, 0.5) is 0 Å². The van der Waals surface area contributed by atoms with E-state index in [1.165, 1.54) is 19.3 Å². The summed E-state index contributed by atoms with van der Waals surface area (Å²) in [5.74, 6) is 0.663. The summed E-state index contributed by atoms with van der Waals surface area (Å²) in [6.07, 6.45) is 9.32. The molecule has 6 heteroatoms. The molecule has 146 valence electrons. The molecule has 3 aromatic rings. The van der Waals surface area contributed by atoms with Gasteiger partial charge in [0.1, 0.15) is 5.56 Å². The molecule has 1 aromatic carbocycles. The average molecular weight is 377 g/mol. The highest BCUT2D eigenvalue weighted by Crippen LogP contribution is 2.20. The highest BCUT2D eigenvalue weighted by Gasteiger charge is 2.21. The molecule has 1 aliphatic heterocycles. The molecule has 0 unspecified atom stereocenters. The van der Waals surface area contributed by atoms with E-state index in [4.69, 9.17) is 0 Å². The molecule has 0 saturated carbocycles. The highest BCUT2D eigenvalue weighted by molar-refractivity contribution is 5.97. The predicted octanol–water partition coefficient (Wildman–Crippen LogP) is 3.27. The van der Waals surface area contributed by atoms with Gasteiger partial charge in [-0.25, -0.2) is 4.68 Å². The monoisotopic (exact) mass is 377 g/mol. The van der Waals surface area contributed by atoms with E-state index in [-0.39, 0.29) is 5.91 Å². The number of nitrogens with zero attached hydrogens (tertiary/aromatic N) is 4. The number of amides is 1. The van der Waals surface area contributed by atoms with Crippen LogP contribution in [0.3, 0.4) is 0 Å². The average Bonchev–Trinajstić information content (AvgIpc) is 3.39. The molecule has 4 rings (SSSR count). The number of piperidine rings is 1. The second kappa shape index (κ2) is 8.44. The van der Waals surface area contributed by atoms with E-state index in [2.05, 4.69) is 22.2 Å². The van der Waals surface area contributed by atoms with E-state index in [1.54, 1.807) is 6.20 Å². The van der Waals surface area contributed by atoms with Gasteiger partial charge in [-0.1, -0.05) is 24.6 Å². The molecule has 1 fully saturated rings. The number of hydrogen-bond donors (Lipinski definition) is 1. The van der Waals surface area contributed by atoms with Crippen molar-refractivity contribution in [2.45, 2.75) is 32.2 Å². The maximum atomic E-state index is 12.9. The molecule has 28 heavy (non-hydrogen) atoms. The van der Waals surface area contributed by atoms with Gasteiger partial charge in [0.15, 0.2) is 5.82 Å². The topological polar surface area (TPSA) is 55.1 Å². The van der Waals surface area contributed by atoms with Crippen molar-refractivity contribution >= 4 is 5.91 Å². The van der Waals surface area contributed by atoms with E-state index in [1.807, 2.05) is 64.1 Å². The van der Waals surface area contributed by atoms with Gasteiger partial charge in [0, 0.05) is 31.5 Å². The maximum absolute atomic E-state index is 12.9. The second-order valence-corrected chi connectivity index (χ2v) is 7.36. The van der Waals surface area contributed by atoms with Crippen LogP contribution in [0.1, 0.15) is 36.5 Å². The zero-order chi connectivity index (χ0) is 19.3. The first kappa shape index (κ1) is 18.5. The lowest BCUT2D eigenvalue weighted by atomic mass is 10.0. The minimum atomic E-state index is -0.0875. The van der Waals surface area contributed by atoms with Crippen molar-refractivity contribution in [2.24, 2.45) is 0 Å². The van der Waals surface area contributed by atoms with Gasteiger partial charge < -0.3 is 9.88 Å². The molecule has 1 N–H and O–H groups in total. The van der Waals surface area contributed by atoms with Crippen LogP contribution in [0.25, 0.3) is 11.5 Å². The van der Waals surface area contributed by atoms with Gasteiger partial charge in [0.05, 0.1) is 11.9 Å². The fourth-order valence-corrected chi connectivity index (χ4v) is 3.88. The Kier molecular flexibility index (Phi) is 5.58. The number of rotatable bonds is 6. The first-order valence-electron chi connectivity index (χ1n) is 10.0. The largest absolute Gasteiger partial charge is 0.351 e. The zero-order valence-electron chi connectivity index (χ0n) is 16.3. The van der Waals surface area contributed by atoms with Gasteiger partial charge in [-0.2, -0.15) is 5.10 Å². The molecule has 1 amide bonds. The van der Waals surface area contributed by atoms with E-state index in [9.17, 15) is 4.79 Å². The molecule has 1 atom stereocenters. The smallest absolute Gasteiger partial charge is 0.256 e. The fraction of sp³-hybridized carbons (Fsp3) is 0.364. The minimum absolute atomic E-state index is 0.0875. The Morgan fingerprint density at radius 1 is 1.14 bits per heavy atom. The molecule has 0 radical (unpaired) electrons. The molecular formula is C22H27N5O. The van der Waals surface area contributed by atoms with Crippen LogP contribution in [0.2, 0.25) is 0 Å². The fourth-order valence-electron chi connectivity index (χ4n) is 3.88. The Morgan fingerprint density at radius 3 is 2.68 bits per heavy atom. The number of carbonyl (C=O) groups is 1. The van der Waals surface area contributed by atoms with E-state index >= 15 is 0 Å². The number of benzene rings is 1. The van der Waals surface area contributed by atoms with Crippen molar-refractivity contribution < 1.29 is 4.79 Å². The Labute approximate surface area is 165 Å². The number of aromatic nitrogens is 3. The predicted molar refractivity (Wildman–Crippen MR) is 110 cm³/mol. The minimum Gasteiger partial charge on any atom is -0.351 e. The van der Waals surface area contributed by atoms with Gasteiger partial charge in [0.2, 0.25) is 0 Å².